The number of allylic oxidation sites excluding steroid dienone is 6. The fourth-order valence-corrected chi connectivity index (χ4v) is 10.4. The van der Waals surface area contributed by atoms with E-state index >= 15 is 0 Å². The van der Waals surface area contributed by atoms with Gasteiger partial charge in [-0.3, -0.25) is 5.32 Å². The number of aromatic nitrogens is 2. The van der Waals surface area contributed by atoms with Gasteiger partial charge in [-0.15, -0.1) is 0 Å². The van der Waals surface area contributed by atoms with Crippen molar-refractivity contribution in [1.82, 2.24) is 19.8 Å². The van der Waals surface area contributed by atoms with Crippen LogP contribution in [0.25, 0.3) is 83.3 Å². The van der Waals surface area contributed by atoms with Gasteiger partial charge in [-0.2, -0.15) is 0 Å². The second kappa shape index (κ2) is 15.1. The summed E-state index contributed by atoms with van der Waals surface area (Å²) in [5.41, 5.74) is 18.5. The van der Waals surface area contributed by atoms with Crippen LogP contribution in [0.5, 0.6) is 0 Å². The van der Waals surface area contributed by atoms with Crippen LogP contribution in [-0.4, -0.2) is 15.2 Å². The maximum Gasteiger partial charge on any atom is 0.104 e. The van der Waals surface area contributed by atoms with E-state index in [0.29, 0.717) is 0 Å². The van der Waals surface area contributed by atoms with Gasteiger partial charge in [0.25, 0.3) is 0 Å². The first-order valence-electron chi connectivity index (χ1n) is 22.1. The molecule has 9 aromatic rings. The molecule has 0 fully saturated rings. The van der Waals surface area contributed by atoms with Crippen molar-refractivity contribution < 1.29 is 0 Å². The van der Waals surface area contributed by atoms with E-state index in [1.807, 2.05) is 6.08 Å². The minimum Gasteiger partial charge on any atom is -0.365 e. The van der Waals surface area contributed by atoms with E-state index in [9.17, 15) is 0 Å². The Balaban J connectivity index is 0.870. The Morgan fingerprint density at radius 1 is 0.651 bits per heavy atom. The Morgan fingerprint density at radius 2 is 1.38 bits per heavy atom. The standard InChI is InChI=1S/C59H46N4/c1-3-45(4-2)62-55-34-30-44(37-51(55)57-47-17-9-8-14-40(47)28-35-56(57)62)43-29-33-54-50(36-43)48-18-11-13-21-53(48)63(54)46-31-26-39(27-32-46)38-22-24-42(25-23-38)59-60-52-20-12-10-19-49(52)58(61-59)41-15-6-5-7-16-41/h3-28,30-32,34-37,52,59-61H,1,29,33H2,2H3/b45-4+. The summed E-state index contributed by atoms with van der Waals surface area (Å²) in [4.78, 5) is 0. The Bertz CT molecular complexity index is 3460. The molecule has 3 aliphatic rings. The van der Waals surface area contributed by atoms with Crippen molar-refractivity contribution in [1.29, 1.82) is 0 Å². The highest BCUT2D eigenvalue weighted by Crippen LogP contribution is 2.42. The van der Waals surface area contributed by atoms with Gasteiger partial charge in [0, 0.05) is 44.5 Å². The third-order valence-electron chi connectivity index (χ3n) is 13.5. The third-order valence-corrected chi connectivity index (χ3v) is 13.5. The average Bonchev–Trinajstić information content (AvgIpc) is 3.87. The van der Waals surface area contributed by atoms with E-state index in [-0.39, 0.29) is 12.2 Å². The summed E-state index contributed by atoms with van der Waals surface area (Å²) >= 11 is 0. The molecule has 12 rings (SSSR count). The van der Waals surface area contributed by atoms with Crippen molar-refractivity contribution in [3.63, 3.8) is 0 Å². The van der Waals surface area contributed by atoms with E-state index in [0.717, 1.165) is 18.5 Å². The summed E-state index contributed by atoms with van der Waals surface area (Å²) in [6, 6.07) is 58.1. The van der Waals surface area contributed by atoms with Crippen LogP contribution in [0.3, 0.4) is 0 Å². The van der Waals surface area contributed by atoms with Crippen LogP contribution in [0.1, 0.15) is 47.5 Å². The van der Waals surface area contributed by atoms with Gasteiger partial charge in [0.15, 0.2) is 0 Å². The number of nitrogens with zero attached hydrogens (tertiary/aromatic N) is 2. The summed E-state index contributed by atoms with van der Waals surface area (Å²) in [5, 5.41) is 14.0. The van der Waals surface area contributed by atoms with Gasteiger partial charge >= 0.3 is 0 Å². The minimum atomic E-state index is -0.0109. The monoisotopic (exact) mass is 810 g/mol. The lowest BCUT2D eigenvalue weighted by atomic mass is 9.90. The Labute approximate surface area is 367 Å². The lowest BCUT2D eigenvalue weighted by molar-refractivity contribution is 0.460. The number of hydrogen-bond acceptors (Lipinski definition) is 2. The number of nitrogens with one attached hydrogen (secondary N) is 2. The molecule has 2 unspecified atom stereocenters. The van der Waals surface area contributed by atoms with Crippen LogP contribution in [0, 0.1) is 0 Å². The molecule has 2 N–H and O–H groups in total. The molecule has 0 saturated heterocycles. The van der Waals surface area contributed by atoms with Gasteiger partial charge in [0.05, 0.1) is 22.6 Å². The van der Waals surface area contributed by atoms with Gasteiger partial charge in [-0.05, 0) is 118 Å². The Morgan fingerprint density at radius 3 is 2.19 bits per heavy atom. The third kappa shape index (κ3) is 6.09. The quantitative estimate of drug-likeness (QED) is 0.157. The molecule has 3 heterocycles. The zero-order valence-electron chi connectivity index (χ0n) is 35.2. The molecule has 0 radical (unpaired) electrons. The Kier molecular flexibility index (Phi) is 8.87. The largest absolute Gasteiger partial charge is 0.365 e. The fraction of sp³-hybridized carbons (Fsp3) is 0.0847. The maximum atomic E-state index is 4.17. The molecular weight excluding hydrogens is 765 g/mol. The molecule has 2 atom stereocenters. The minimum absolute atomic E-state index is 0.0109. The first kappa shape index (κ1) is 37.1. The van der Waals surface area contributed by atoms with Gasteiger partial charge < -0.3 is 14.5 Å². The van der Waals surface area contributed by atoms with E-state index in [1.165, 1.54) is 105 Å². The molecule has 0 amide bonds. The van der Waals surface area contributed by atoms with Crippen molar-refractivity contribution in [3.05, 3.63) is 234 Å². The molecule has 0 bridgehead atoms. The number of rotatable bonds is 7. The highest BCUT2D eigenvalue weighted by molar-refractivity contribution is 6.22. The van der Waals surface area contributed by atoms with Crippen LogP contribution in [0.15, 0.2) is 206 Å². The van der Waals surface area contributed by atoms with Gasteiger partial charge in [-0.25, -0.2) is 0 Å². The highest BCUT2D eigenvalue weighted by Gasteiger charge is 2.28. The van der Waals surface area contributed by atoms with Crippen LogP contribution < -0.4 is 10.6 Å². The summed E-state index contributed by atoms with van der Waals surface area (Å²) < 4.78 is 4.85. The molecule has 63 heavy (non-hydrogen) atoms. The van der Waals surface area contributed by atoms with Crippen LogP contribution in [0.2, 0.25) is 0 Å². The second-order valence-corrected chi connectivity index (χ2v) is 16.9. The predicted octanol–water partition coefficient (Wildman–Crippen LogP) is 14.2. The first-order chi connectivity index (χ1) is 31.1. The molecule has 302 valence electrons. The van der Waals surface area contributed by atoms with Crippen molar-refractivity contribution in [3.8, 4) is 16.8 Å². The predicted molar refractivity (Wildman–Crippen MR) is 266 cm³/mol. The molecular formula is C59H46N4. The van der Waals surface area contributed by atoms with Crippen molar-refractivity contribution in [2.24, 2.45) is 0 Å². The summed E-state index contributed by atoms with van der Waals surface area (Å²) in [7, 11) is 0. The lowest BCUT2D eigenvalue weighted by Crippen LogP contribution is -2.45. The molecule has 2 aliphatic carbocycles. The first-order valence-corrected chi connectivity index (χ1v) is 22.1. The van der Waals surface area contributed by atoms with Crippen LogP contribution >= 0.6 is 0 Å². The summed E-state index contributed by atoms with van der Waals surface area (Å²) in [6.45, 7) is 6.26. The van der Waals surface area contributed by atoms with Crippen LogP contribution in [-0.2, 0) is 6.42 Å². The Hall–Kier alpha value is -7.66. The number of hydrogen-bond donors (Lipinski definition) is 2. The lowest BCUT2D eigenvalue weighted by Gasteiger charge is -2.36. The zero-order valence-corrected chi connectivity index (χ0v) is 35.2. The number of para-hydroxylation sites is 1. The summed E-state index contributed by atoms with van der Waals surface area (Å²) in [6.07, 6.45) is 17.2. The topological polar surface area (TPSA) is 33.9 Å². The van der Waals surface area contributed by atoms with E-state index in [1.54, 1.807) is 0 Å². The fourth-order valence-electron chi connectivity index (χ4n) is 10.4. The molecule has 4 heteroatoms. The maximum absolute atomic E-state index is 4.17. The zero-order chi connectivity index (χ0) is 42.0. The van der Waals surface area contributed by atoms with Gasteiger partial charge in [-0.1, -0.05) is 158 Å². The second-order valence-electron chi connectivity index (χ2n) is 16.9. The van der Waals surface area contributed by atoms with Crippen molar-refractivity contribution in [2.45, 2.75) is 32.0 Å². The molecule has 4 nitrogen and oxygen atoms in total. The summed E-state index contributed by atoms with van der Waals surface area (Å²) in [5.74, 6) is 0. The van der Waals surface area contributed by atoms with Crippen molar-refractivity contribution >= 4 is 66.5 Å². The smallest absolute Gasteiger partial charge is 0.104 e. The molecule has 0 spiro atoms. The highest BCUT2D eigenvalue weighted by atomic mass is 15.2. The normalized spacial score (nSPS) is 17.3. The SMILES string of the molecule is C=C/C(=C\C)n1c2ccc(C3=Cc4c(n(-c5ccc(-c6ccc(C7NC(c8ccccc8)=C8C=CC=CC8N7)cc6)cc5)c5ccccc45)CC3)cc2c2c3ccccc3ccc21. The van der Waals surface area contributed by atoms with Crippen molar-refractivity contribution in [2.75, 3.05) is 0 Å². The van der Waals surface area contributed by atoms with E-state index in [4.69, 9.17) is 0 Å². The number of fused-ring (bicyclic) bond motifs is 9. The van der Waals surface area contributed by atoms with Gasteiger partial charge in [0.2, 0.25) is 0 Å². The molecule has 2 aromatic heterocycles. The van der Waals surface area contributed by atoms with Crippen LogP contribution in [0.4, 0.5) is 0 Å². The molecule has 1 aliphatic heterocycles. The average molecular weight is 811 g/mol. The number of benzene rings is 7. The van der Waals surface area contributed by atoms with E-state index in [2.05, 4.69) is 227 Å². The van der Waals surface area contributed by atoms with Gasteiger partial charge in [0.1, 0.15) is 6.17 Å². The van der Waals surface area contributed by atoms with E-state index < -0.39 is 0 Å². The molecule has 0 saturated carbocycles. The molecule has 7 aromatic carbocycles.